The highest BCUT2D eigenvalue weighted by atomic mass is 35.5. The first-order chi connectivity index (χ1) is 17.5. The maximum absolute atomic E-state index is 11.4. The second kappa shape index (κ2) is 10.6. The van der Waals surface area contributed by atoms with Crippen molar-refractivity contribution in [3.8, 4) is 17.1 Å². The van der Waals surface area contributed by atoms with Gasteiger partial charge in [0.15, 0.2) is 12.3 Å². The first kappa shape index (κ1) is 24.1. The van der Waals surface area contributed by atoms with Gasteiger partial charge >= 0.3 is 0 Å². The molecule has 5 rings (SSSR count). The fraction of sp³-hybridized carbons (Fsp3) is 0.346. The number of aromatic amines is 1. The van der Waals surface area contributed by atoms with Crippen LogP contribution in [-0.2, 0) is 11.3 Å². The number of carbonyl (C=O) groups is 1. The van der Waals surface area contributed by atoms with Gasteiger partial charge in [-0.1, -0.05) is 11.6 Å². The number of carbonyl (C=O) groups excluding carboxylic acids is 1. The van der Waals surface area contributed by atoms with Crippen molar-refractivity contribution in [3.63, 3.8) is 0 Å². The van der Waals surface area contributed by atoms with Crippen molar-refractivity contribution in [2.45, 2.75) is 32.4 Å². The number of benzene rings is 1. The van der Waals surface area contributed by atoms with Crippen LogP contribution in [0.5, 0.6) is 5.75 Å². The molecule has 9 nitrogen and oxygen atoms in total. The second-order valence-electron chi connectivity index (χ2n) is 8.96. The van der Waals surface area contributed by atoms with Gasteiger partial charge in [0, 0.05) is 31.7 Å². The van der Waals surface area contributed by atoms with Gasteiger partial charge in [0.25, 0.3) is 5.91 Å². The summed E-state index contributed by atoms with van der Waals surface area (Å²) in [7, 11) is 1.58. The van der Waals surface area contributed by atoms with E-state index in [2.05, 4.69) is 36.6 Å². The maximum Gasteiger partial charge on any atom is 0.257 e. The van der Waals surface area contributed by atoms with Crippen LogP contribution in [0.15, 0.2) is 47.0 Å². The van der Waals surface area contributed by atoms with Crippen molar-refractivity contribution in [1.82, 2.24) is 25.2 Å². The standard InChI is InChI=1S/C26H29ClN6O3/c1-16-3-6-20(36-16)14-33-11-9-18(10-12-33)30-23-21(27)13-29-26-24(23)31-25(32-26)17-4-7-19(8-5-17)35-15-22(34)28-2/h3-8,13,18H,9-12,14-15H2,1-2H3,(H,28,34)(H2,29,30,31,32). The number of nitrogens with zero attached hydrogens (tertiary/aromatic N) is 3. The van der Waals surface area contributed by atoms with Crippen molar-refractivity contribution in [2.24, 2.45) is 0 Å². The highest BCUT2D eigenvalue weighted by Crippen LogP contribution is 2.32. The minimum Gasteiger partial charge on any atom is -0.484 e. The molecule has 3 N–H and O–H groups in total. The van der Waals surface area contributed by atoms with Gasteiger partial charge in [-0.15, -0.1) is 0 Å². The Morgan fingerprint density at radius 3 is 2.69 bits per heavy atom. The molecule has 0 radical (unpaired) electrons. The lowest BCUT2D eigenvalue weighted by Gasteiger charge is -2.32. The number of pyridine rings is 1. The predicted molar refractivity (Wildman–Crippen MR) is 139 cm³/mol. The van der Waals surface area contributed by atoms with Gasteiger partial charge in [0.2, 0.25) is 0 Å². The molecule has 1 amide bonds. The molecule has 1 fully saturated rings. The third kappa shape index (κ3) is 5.47. The summed E-state index contributed by atoms with van der Waals surface area (Å²) in [4.78, 5) is 26.3. The topological polar surface area (TPSA) is 108 Å². The summed E-state index contributed by atoms with van der Waals surface area (Å²) in [5, 5.41) is 6.73. The average Bonchev–Trinajstić information content (AvgIpc) is 3.51. The van der Waals surface area contributed by atoms with Gasteiger partial charge in [0.1, 0.15) is 28.6 Å². The van der Waals surface area contributed by atoms with Crippen LogP contribution in [0.25, 0.3) is 22.6 Å². The molecule has 1 aliphatic rings. The normalized spacial score (nSPS) is 14.8. The van der Waals surface area contributed by atoms with E-state index in [1.807, 2.05) is 37.3 Å². The van der Waals surface area contributed by atoms with Gasteiger partial charge in [-0.25, -0.2) is 9.97 Å². The Morgan fingerprint density at radius 1 is 1.22 bits per heavy atom. The number of furan rings is 1. The molecule has 0 bridgehead atoms. The van der Waals surface area contributed by atoms with Crippen molar-refractivity contribution in [1.29, 1.82) is 0 Å². The molecule has 4 aromatic rings. The molecule has 0 spiro atoms. The Balaban J connectivity index is 1.26. The molecule has 1 aliphatic heterocycles. The average molecular weight is 509 g/mol. The number of hydrogen-bond acceptors (Lipinski definition) is 7. The quantitative estimate of drug-likeness (QED) is 0.324. The maximum atomic E-state index is 11.4. The number of aromatic nitrogens is 3. The summed E-state index contributed by atoms with van der Waals surface area (Å²) >= 11 is 6.56. The lowest BCUT2D eigenvalue weighted by Crippen LogP contribution is -2.38. The third-order valence-corrected chi connectivity index (χ3v) is 6.65. The summed E-state index contributed by atoms with van der Waals surface area (Å²) in [5.41, 5.74) is 3.09. The molecule has 0 atom stereocenters. The number of amides is 1. The number of aryl methyl sites for hydroxylation is 1. The number of hydrogen-bond donors (Lipinski definition) is 3. The zero-order valence-electron chi connectivity index (χ0n) is 20.3. The number of nitrogens with one attached hydrogen (secondary N) is 3. The first-order valence-electron chi connectivity index (χ1n) is 12.0. The summed E-state index contributed by atoms with van der Waals surface area (Å²) in [6.07, 6.45) is 3.64. The highest BCUT2D eigenvalue weighted by Gasteiger charge is 2.22. The zero-order valence-corrected chi connectivity index (χ0v) is 21.1. The Bertz CT molecular complexity index is 1340. The van der Waals surface area contributed by atoms with E-state index >= 15 is 0 Å². The highest BCUT2D eigenvalue weighted by molar-refractivity contribution is 6.34. The van der Waals surface area contributed by atoms with Crippen LogP contribution in [0.3, 0.4) is 0 Å². The first-order valence-corrected chi connectivity index (χ1v) is 12.4. The summed E-state index contributed by atoms with van der Waals surface area (Å²) in [5.74, 6) is 3.06. The number of likely N-dealkylation sites (N-methyl/N-ethyl adjacent to an activating group) is 1. The molecule has 1 saturated heterocycles. The second-order valence-corrected chi connectivity index (χ2v) is 9.37. The number of halogens is 1. The molecular formula is C26H29ClN6O3. The van der Waals surface area contributed by atoms with Gasteiger partial charge in [-0.3, -0.25) is 9.69 Å². The zero-order chi connectivity index (χ0) is 25.1. The number of likely N-dealkylation sites (tertiary alicyclic amines) is 1. The minimum absolute atomic E-state index is 0.0284. The van der Waals surface area contributed by atoms with Gasteiger partial charge in [-0.2, -0.15) is 0 Å². The van der Waals surface area contributed by atoms with Crippen LogP contribution in [0.4, 0.5) is 5.69 Å². The van der Waals surface area contributed by atoms with E-state index in [1.54, 1.807) is 13.2 Å². The van der Waals surface area contributed by atoms with Gasteiger partial charge < -0.3 is 24.8 Å². The number of anilines is 1. The number of H-pyrrole nitrogens is 1. The Hall–Kier alpha value is -3.56. The molecule has 0 unspecified atom stereocenters. The van der Waals surface area contributed by atoms with Crippen molar-refractivity contribution >= 4 is 34.4 Å². The molecule has 1 aromatic carbocycles. The van der Waals surface area contributed by atoms with Crippen LogP contribution >= 0.6 is 11.6 Å². The smallest absolute Gasteiger partial charge is 0.257 e. The SMILES string of the molecule is CNC(=O)COc1ccc(-c2nc3ncc(Cl)c(NC4CCN(Cc5ccc(C)o5)CC4)c3[nH]2)cc1. The molecule has 0 saturated carbocycles. The third-order valence-electron chi connectivity index (χ3n) is 6.36. The van der Waals surface area contributed by atoms with Crippen LogP contribution < -0.4 is 15.4 Å². The van der Waals surface area contributed by atoms with Crippen LogP contribution in [-0.4, -0.2) is 58.5 Å². The number of piperidine rings is 1. The lowest BCUT2D eigenvalue weighted by atomic mass is 10.0. The lowest BCUT2D eigenvalue weighted by molar-refractivity contribution is -0.122. The van der Waals surface area contributed by atoms with E-state index in [1.165, 1.54) is 0 Å². The summed E-state index contributed by atoms with van der Waals surface area (Å²) in [6, 6.07) is 11.8. The molecule has 0 aliphatic carbocycles. The Morgan fingerprint density at radius 2 is 2.00 bits per heavy atom. The molecule has 4 heterocycles. The van der Waals surface area contributed by atoms with Crippen molar-refractivity contribution in [2.75, 3.05) is 32.1 Å². The summed E-state index contributed by atoms with van der Waals surface area (Å²) in [6.45, 7) is 4.73. The van der Waals surface area contributed by atoms with Gasteiger partial charge in [-0.05, 0) is 56.2 Å². The summed E-state index contributed by atoms with van der Waals surface area (Å²) < 4.78 is 11.2. The van der Waals surface area contributed by atoms with Crippen LogP contribution in [0.2, 0.25) is 5.02 Å². The Labute approximate surface area is 214 Å². The number of fused-ring (bicyclic) bond motifs is 1. The van der Waals surface area contributed by atoms with Gasteiger partial charge in [0.05, 0.1) is 23.5 Å². The van der Waals surface area contributed by atoms with Crippen LogP contribution in [0, 0.1) is 6.92 Å². The van der Waals surface area contributed by atoms with E-state index in [-0.39, 0.29) is 12.5 Å². The number of rotatable bonds is 8. The molecular weight excluding hydrogens is 480 g/mol. The van der Waals surface area contributed by atoms with E-state index in [0.29, 0.717) is 28.3 Å². The predicted octanol–water partition coefficient (Wildman–Crippen LogP) is 4.38. The number of ether oxygens (including phenoxy) is 1. The fourth-order valence-corrected chi connectivity index (χ4v) is 4.57. The molecule has 188 valence electrons. The van der Waals surface area contributed by atoms with Crippen molar-refractivity contribution in [3.05, 3.63) is 59.1 Å². The largest absolute Gasteiger partial charge is 0.484 e. The van der Waals surface area contributed by atoms with Crippen molar-refractivity contribution < 1.29 is 13.9 Å². The Kier molecular flexibility index (Phi) is 7.11. The van der Waals surface area contributed by atoms with E-state index in [9.17, 15) is 4.79 Å². The van der Waals surface area contributed by atoms with Crippen LogP contribution in [0.1, 0.15) is 24.4 Å². The molecule has 3 aromatic heterocycles. The minimum atomic E-state index is -0.183. The molecule has 36 heavy (non-hydrogen) atoms. The van der Waals surface area contributed by atoms with E-state index in [4.69, 9.17) is 20.8 Å². The van der Waals surface area contributed by atoms with E-state index in [0.717, 1.165) is 60.8 Å². The fourth-order valence-electron chi connectivity index (χ4n) is 4.37. The molecule has 10 heteroatoms. The number of imidazole rings is 1. The monoisotopic (exact) mass is 508 g/mol. The van der Waals surface area contributed by atoms with E-state index < -0.39 is 0 Å².